The summed E-state index contributed by atoms with van der Waals surface area (Å²) < 4.78 is 10.5. The van der Waals surface area contributed by atoms with Crippen LogP contribution in [-0.2, 0) is 0 Å². The Hall–Kier alpha value is -1.45. The average Bonchev–Trinajstić information content (AvgIpc) is 2.76. The van der Waals surface area contributed by atoms with Crippen LogP contribution in [0.5, 0.6) is 5.75 Å². The van der Waals surface area contributed by atoms with Gasteiger partial charge in [0.1, 0.15) is 17.6 Å². The molecule has 1 unspecified atom stereocenters. The predicted molar refractivity (Wildman–Crippen MR) is 65.4 cm³/mol. The Morgan fingerprint density at radius 1 is 1.24 bits per heavy atom. The monoisotopic (exact) mass is 252 g/mol. The van der Waals surface area contributed by atoms with Crippen molar-refractivity contribution in [2.75, 3.05) is 6.61 Å². The number of halogens is 1. The van der Waals surface area contributed by atoms with E-state index in [1.54, 1.807) is 24.3 Å². The van der Waals surface area contributed by atoms with Gasteiger partial charge in [0.25, 0.3) is 0 Å². The molecule has 0 aliphatic carbocycles. The van der Waals surface area contributed by atoms with Crippen LogP contribution >= 0.6 is 11.6 Å². The lowest BCUT2D eigenvalue weighted by Crippen LogP contribution is -1.98. The zero-order valence-corrected chi connectivity index (χ0v) is 10.1. The van der Waals surface area contributed by atoms with Gasteiger partial charge in [-0.25, -0.2) is 0 Å². The molecule has 0 bridgehead atoms. The van der Waals surface area contributed by atoms with Crippen LogP contribution in [0.2, 0.25) is 5.22 Å². The Morgan fingerprint density at radius 2 is 1.94 bits per heavy atom. The summed E-state index contributed by atoms with van der Waals surface area (Å²) >= 11 is 5.66. The minimum Gasteiger partial charge on any atom is -0.494 e. The molecule has 4 heteroatoms. The molecule has 3 nitrogen and oxygen atoms in total. The van der Waals surface area contributed by atoms with Crippen molar-refractivity contribution in [3.8, 4) is 5.75 Å². The Balaban J connectivity index is 2.16. The highest BCUT2D eigenvalue weighted by atomic mass is 35.5. The van der Waals surface area contributed by atoms with Crippen molar-refractivity contribution in [3.63, 3.8) is 0 Å². The van der Waals surface area contributed by atoms with Crippen LogP contribution in [-0.4, -0.2) is 11.7 Å². The number of rotatable bonds is 4. The van der Waals surface area contributed by atoms with E-state index in [1.807, 2.05) is 19.1 Å². The molecule has 2 rings (SSSR count). The molecular formula is C13H13ClO3. The summed E-state index contributed by atoms with van der Waals surface area (Å²) in [7, 11) is 0. The molecule has 0 aliphatic rings. The standard InChI is InChI=1S/C13H13ClO3/c1-2-16-10-5-3-9(4-6-10)13(15)11-7-8-12(14)17-11/h3-8,13,15H,2H2,1H3. The molecule has 0 saturated carbocycles. The lowest BCUT2D eigenvalue weighted by atomic mass is 10.1. The summed E-state index contributed by atoms with van der Waals surface area (Å²) in [5, 5.41) is 10.3. The SMILES string of the molecule is CCOc1ccc(C(O)c2ccc(Cl)o2)cc1. The number of aliphatic hydroxyl groups excluding tert-OH is 1. The molecule has 1 atom stereocenters. The molecule has 0 saturated heterocycles. The molecule has 0 spiro atoms. The molecule has 1 aromatic heterocycles. The van der Waals surface area contributed by atoms with Crippen molar-refractivity contribution in [1.82, 2.24) is 0 Å². The van der Waals surface area contributed by atoms with Crippen LogP contribution in [0.1, 0.15) is 24.4 Å². The summed E-state index contributed by atoms with van der Waals surface area (Å²) in [6.07, 6.45) is -0.807. The van der Waals surface area contributed by atoms with Gasteiger partial charge in [0.15, 0.2) is 5.22 Å². The number of furan rings is 1. The third-order valence-corrected chi connectivity index (χ3v) is 2.57. The second kappa shape index (κ2) is 5.25. The molecule has 17 heavy (non-hydrogen) atoms. The van der Waals surface area contributed by atoms with E-state index in [2.05, 4.69) is 0 Å². The maximum Gasteiger partial charge on any atom is 0.193 e. The van der Waals surface area contributed by atoms with E-state index in [1.165, 1.54) is 0 Å². The second-order valence-corrected chi connectivity index (χ2v) is 3.92. The number of benzene rings is 1. The first-order valence-electron chi connectivity index (χ1n) is 5.36. The zero-order chi connectivity index (χ0) is 12.3. The number of hydrogen-bond acceptors (Lipinski definition) is 3. The normalized spacial score (nSPS) is 12.4. The molecule has 2 aromatic rings. The van der Waals surface area contributed by atoms with Crippen molar-refractivity contribution in [2.24, 2.45) is 0 Å². The van der Waals surface area contributed by atoms with Gasteiger partial charge in [-0.15, -0.1) is 0 Å². The molecule has 90 valence electrons. The van der Waals surface area contributed by atoms with Crippen molar-refractivity contribution < 1.29 is 14.3 Å². The third-order valence-electron chi connectivity index (χ3n) is 2.37. The van der Waals surface area contributed by atoms with E-state index in [0.29, 0.717) is 12.4 Å². The van der Waals surface area contributed by atoms with Gasteiger partial charge in [0, 0.05) is 0 Å². The molecule has 0 amide bonds. The first-order chi connectivity index (χ1) is 8.20. The van der Waals surface area contributed by atoms with Gasteiger partial charge in [-0.2, -0.15) is 0 Å². The average molecular weight is 253 g/mol. The summed E-state index contributed by atoms with van der Waals surface area (Å²) in [5.41, 5.74) is 0.736. The minimum atomic E-state index is -0.807. The maximum absolute atomic E-state index is 10.0. The molecule has 0 radical (unpaired) electrons. The van der Waals surface area contributed by atoms with Crippen molar-refractivity contribution in [3.05, 3.63) is 52.9 Å². The highest BCUT2D eigenvalue weighted by molar-refractivity contribution is 6.28. The van der Waals surface area contributed by atoms with Gasteiger partial charge in [0.05, 0.1) is 6.61 Å². The Labute approximate surface area is 105 Å². The van der Waals surface area contributed by atoms with Crippen LogP contribution in [0, 0.1) is 0 Å². The fourth-order valence-corrected chi connectivity index (χ4v) is 1.70. The topological polar surface area (TPSA) is 42.6 Å². The van der Waals surface area contributed by atoms with Crippen molar-refractivity contribution in [2.45, 2.75) is 13.0 Å². The fourth-order valence-electron chi connectivity index (χ4n) is 1.55. The third kappa shape index (κ3) is 2.81. The fraction of sp³-hybridized carbons (Fsp3) is 0.231. The second-order valence-electron chi connectivity index (χ2n) is 3.55. The quantitative estimate of drug-likeness (QED) is 0.907. The summed E-state index contributed by atoms with van der Waals surface area (Å²) in [6.45, 7) is 2.54. The van der Waals surface area contributed by atoms with Crippen LogP contribution in [0.4, 0.5) is 0 Å². The number of aliphatic hydroxyl groups is 1. The Morgan fingerprint density at radius 3 is 2.47 bits per heavy atom. The van der Waals surface area contributed by atoms with Crippen LogP contribution in [0.15, 0.2) is 40.8 Å². The smallest absolute Gasteiger partial charge is 0.193 e. The molecule has 1 heterocycles. The molecule has 0 aliphatic heterocycles. The van der Waals surface area contributed by atoms with Gasteiger partial charge >= 0.3 is 0 Å². The van der Waals surface area contributed by atoms with Crippen molar-refractivity contribution >= 4 is 11.6 Å². The number of hydrogen-bond donors (Lipinski definition) is 1. The zero-order valence-electron chi connectivity index (χ0n) is 9.39. The summed E-state index contributed by atoms with van der Waals surface area (Å²) in [5.74, 6) is 1.21. The Kier molecular flexibility index (Phi) is 3.71. The van der Waals surface area contributed by atoms with E-state index in [0.717, 1.165) is 11.3 Å². The highest BCUT2D eigenvalue weighted by Crippen LogP contribution is 2.26. The van der Waals surface area contributed by atoms with Crippen LogP contribution in [0.3, 0.4) is 0 Å². The number of ether oxygens (including phenoxy) is 1. The van der Waals surface area contributed by atoms with E-state index < -0.39 is 6.10 Å². The van der Waals surface area contributed by atoms with Gasteiger partial charge in [-0.3, -0.25) is 0 Å². The minimum absolute atomic E-state index is 0.269. The van der Waals surface area contributed by atoms with Gasteiger partial charge in [0.2, 0.25) is 0 Å². The first kappa shape index (κ1) is 12.0. The summed E-state index contributed by atoms with van der Waals surface area (Å²) in [4.78, 5) is 0. The highest BCUT2D eigenvalue weighted by Gasteiger charge is 2.14. The van der Waals surface area contributed by atoms with Crippen LogP contribution < -0.4 is 4.74 Å². The lowest BCUT2D eigenvalue weighted by molar-refractivity contribution is 0.189. The summed E-state index contributed by atoms with van der Waals surface area (Å²) in [6, 6.07) is 10.5. The van der Waals surface area contributed by atoms with E-state index >= 15 is 0 Å². The largest absolute Gasteiger partial charge is 0.494 e. The van der Waals surface area contributed by atoms with E-state index in [-0.39, 0.29) is 5.22 Å². The van der Waals surface area contributed by atoms with Gasteiger partial charge in [-0.1, -0.05) is 12.1 Å². The molecule has 1 N–H and O–H groups in total. The molecule has 1 aromatic carbocycles. The van der Waals surface area contributed by atoms with E-state index in [4.69, 9.17) is 20.8 Å². The lowest BCUT2D eigenvalue weighted by Gasteiger charge is -2.09. The van der Waals surface area contributed by atoms with Crippen molar-refractivity contribution in [1.29, 1.82) is 0 Å². The molecular weight excluding hydrogens is 240 g/mol. The predicted octanol–water partition coefficient (Wildman–Crippen LogP) is 3.41. The van der Waals surface area contributed by atoms with Gasteiger partial charge in [-0.05, 0) is 48.4 Å². The van der Waals surface area contributed by atoms with Crippen LogP contribution in [0.25, 0.3) is 0 Å². The van der Waals surface area contributed by atoms with E-state index in [9.17, 15) is 5.11 Å². The molecule has 0 fully saturated rings. The first-order valence-corrected chi connectivity index (χ1v) is 5.74. The maximum atomic E-state index is 10.0. The Bertz CT molecular complexity index is 476. The van der Waals surface area contributed by atoms with Gasteiger partial charge < -0.3 is 14.3 Å².